The van der Waals surface area contributed by atoms with Gasteiger partial charge < -0.3 is 19.2 Å². The van der Waals surface area contributed by atoms with E-state index in [1.807, 2.05) is 31.2 Å². The van der Waals surface area contributed by atoms with Gasteiger partial charge >= 0.3 is 5.63 Å². The Labute approximate surface area is 156 Å². The van der Waals surface area contributed by atoms with E-state index in [9.17, 15) is 14.7 Å². The van der Waals surface area contributed by atoms with E-state index in [1.54, 1.807) is 32.3 Å². The fourth-order valence-corrected chi connectivity index (χ4v) is 2.93. The molecule has 1 aromatic heterocycles. The van der Waals surface area contributed by atoms with Gasteiger partial charge in [-0.05, 0) is 30.2 Å². The molecule has 6 heteroatoms. The van der Waals surface area contributed by atoms with Crippen molar-refractivity contribution in [2.45, 2.75) is 13.0 Å². The van der Waals surface area contributed by atoms with Gasteiger partial charge in [-0.3, -0.25) is 4.79 Å². The number of rotatable bonds is 5. The van der Waals surface area contributed by atoms with E-state index in [2.05, 4.69) is 0 Å². The number of benzene rings is 2. The van der Waals surface area contributed by atoms with Crippen molar-refractivity contribution in [2.24, 2.45) is 0 Å². The molecular formula is C21H21NO5. The summed E-state index contributed by atoms with van der Waals surface area (Å²) < 4.78 is 10.9. The molecule has 0 saturated carbocycles. The number of likely N-dealkylation sites (N-methyl/N-ethyl adjacent to an activating group) is 1. The fraction of sp³-hybridized carbons (Fsp3) is 0.238. The first-order valence-electron chi connectivity index (χ1n) is 8.53. The number of amides is 1. The molecule has 0 aliphatic rings. The number of carbonyl (C=O) groups excluding carboxylic acids is 1. The van der Waals surface area contributed by atoms with Gasteiger partial charge in [-0.1, -0.05) is 24.3 Å². The molecule has 0 aliphatic carbocycles. The lowest BCUT2D eigenvalue weighted by molar-refractivity contribution is -0.137. The minimum atomic E-state index is -1.02. The summed E-state index contributed by atoms with van der Waals surface area (Å²) in [5, 5.41) is 10.2. The molecule has 0 bridgehead atoms. The van der Waals surface area contributed by atoms with Crippen molar-refractivity contribution < 1.29 is 19.1 Å². The highest BCUT2D eigenvalue weighted by atomic mass is 16.5. The van der Waals surface area contributed by atoms with E-state index >= 15 is 0 Å². The Balaban J connectivity index is 2.05. The topological polar surface area (TPSA) is 80.0 Å². The van der Waals surface area contributed by atoms with Crippen molar-refractivity contribution >= 4 is 16.9 Å². The maximum absolute atomic E-state index is 12.1. The van der Waals surface area contributed by atoms with Crippen LogP contribution >= 0.6 is 0 Å². The van der Waals surface area contributed by atoms with Gasteiger partial charge in [0.05, 0.1) is 6.61 Å². The van der Waals surface area contributed by atoms with E-state index in [0.717, 1.165) is 22.1 Å². The first-order chi connectivity index (χ1) is 12.9. The second-order valence-electron chi connectivity index (χ2n) is 6.47. The number of aliphatic hydroxyl groups excluding tert-OH is 1. The van der Waals surface area contributed by atoms with Crippen LogP contribution in [0, 0.1) is 6.92 Å². The number of nitrogens with zero attached hydrogens (tertiary/aromatic N) is 1. The Morgan fingerprint density at radius 2 is 1.89 bits per heavy atom. The van der Waals surface area contributed by atoms with Gasteiger partial charge in [0.1, 0.15) is 11.3 Å². The number of aliphatic hydroxyl groups is 1. The van der Waals surface area contributed by atoms with Gasteiger partial charge in [-0.15, -0.1) is 0 Å². The first-order valence-corrected chi connectivity index (χ1v) is 8.53. The minimum absolute atomic E-state index is 0.335. The van der Waals surface area contributed by atoms with Gasteiger partial charge in [0.25, 0.3) is 5.91 Å². The monoisotopic (exact) mass is 367 g/mol. The van der Waals surface area contributed by atoms with Crippen LogP contribution in [-0.2, 0) is 4.79 Å². The van der Waals surface area contributed by atoms with Crippen LogP contribution in [0.1, 0.15) is 5.56 Å². The Morgan fingerprint density at radius 1 is 1.15 bits per heavy atom. The summed E-state index contributed by atoms with van der Waals surface area (Å²) in [7, 11) is 3.17. The van der Waals surface area contributed by atoms with Gasteiger partial charge in [-0.25, -0.2) is 4.79 Å². The number of carbonyl (C=O) groups is 1. The summed E-state index contributed by atoms with van der Waals surface area (Å²) in [6.07, 6.45) is -1.02. The number of hydrogen-bond donors (Lipinski definition) is 1. The molecule has 0 unspecified atom stereocenters. The van der Waals surface area contributed by atoms with Crippen LogP contribution in [0.3, 0.4) is 0 Å². The van der Waals surface area contributed by atoms with E-state index in [-0.39, 0.29) is 5.91 Å². The van der Waals surface area contributed by atoms with Gasteiger partial charge in [0, 0.05) is 37.2 Å². The van der Waals surface area contributed by atoms with E-state index in [0.29, 0.717) is 11.3 Å². The van der Waals surface area contributed by atoms with Crippen molar-refractivity contribution in [1.82, 2.24) is 4.90 Å². The maximum Gasteiger partial charge on any atom is 0.336 e. The number of hydrogen-bond acceptors (Lipinski definition) is 5. The van der Waals surface area contributed by atoms with Crippen LogP contribution in [0.25, 0.3) is 22.1 Å². The first kappa shape index (κ1) is 18.7. The second kappa shape index (κ2) is 7.63. The molecule has 140 valence electrons. The normalized spacial score (nSPS) is 12.0. The lowest BCUT2D eigenvalue weighted by atomic mass is 9.98. The minimum Gasteiger partial charge on any atom is -0.478 e. The molecule has 3 aromatic rings. The van der Waals surface area contributed by atoms with Crippen LogP contribution in [0.2, 0.25) is 0 Å². The summed E-state index contributed by atoms with van der Waals surface area (Å²) in [5.74, 6) is -0.0189. The number of fused-ring (bicyclic) bond motifs is 1. The van der Waals surface area contributed by atoms with Crippen molar-refractivity contribution in [3.63, 3.8) is 0 Å². The number of aryl methyl sites for hydroxylation is 1. The lowest BCUT2D eigenvalue weighted by Gasteiger charge is -2.20. The molecule has 1 atom stereocenters. The van der Waals surface area contributed by atoms with Crippen LogP contribution in [0.5, 0.6) is 5.75 Å². The molecule has 1 N–H and O–H groups in total. The molecule has 27 heavy (non-hydrogen) atoms. The molecule has 0 spiro atoms. The summed E-state index contributed by atoms with van der Waals surface area (Å²) in [6, 6.07) is 14.3. The molecule has 2 aromatic carbocycles. The standard InChI is InChI=1S/C21H21NO5/c1-13-6-4-5-7-15(13)17-11-20(24)27-18-10-14(8-9-16(17)18)26-19(12-23)21(25)22(2)3/h4-11,19,23H,12H2,1-3H3/t19-/m1/s1. The summed E-state index contributed by atoms with van der Waals surface area (Å²) in [6.45, 7) is 1.52. The van der Waals surface area contributed by atoms with Gasteiger partial charge in [0.15, 0.2) is 6.10 Å². The molecule has 6 nitrogen and oxygen atoms in total. The molecule has 0 aliphatic heterocycles. The van der Waals surface area contributed by atoms with Crippen LogP contribution in [0.15, 0.2) is 57.7 Å². The van der Waals surface area contributed by atoms with Crippen molar-refractivity contribution in [3.8, 4) is 16.9 Å². The molecule has 0 fully saturated rings. The van der Waals surface area contributed by atoms with E-state index in [4.69, 9.17) is 9.15 Å². The van der Waals surface area contributed by atoms with Gasteiger partial charge in [-0.2, -0.15) is 0 Å². The van der Waals surface area contributed by atoms with Crippen LogP contribution in [0.4, 0.5) is 0 Å². The second-order valence-corrected chi connectivity index (χ2v) is 6.47. The highest BCUT2D eigenvalue weighted by Crippen LogP contribution is 2.31. The number of ether oxygens (including phenoxy) is 1. The molecule has 3 rings (SSSR count). The van der Waals surface area contributed by atoms with Crippen molar-refractivity contribution in [1.29, 1.82) is 0 Å². The highest BCUT2D eigenvalue weighted by Gasteiger charge is 2.21. The average molecular weight is 367 g/mol. The Hall–Kier alpha value is -3.12. The predicted molar refractivity (Wildman–Crippen MR) is 103 cm³/mol. The molecule has 1 amide bonds. The third-order valence-corrected chi connectivity index (χ3v) is 4.31. The molecule has 0 radical (unpaired) electrons. The zero-order chi connectivity index (χ0) is 19.6. The van der Waals surface area contributed by atoms with Crippen LogP contribution < -0.4 is 10.4 Å². The SMILES string of the molecule is Cc1ccccc1-c1cc(=O)oc2cc(O[C@H](CO)C(=O)N(C)C)ccc12. The zero-order valence-electron chi connectivity index (χ0n) is 15.4. The fourth-order valence-electron chi connectivity index (χ4n) is 2.93. The predicted octanol–water partition coefficient (Wildman–Crippen LogP) is 2.60. The Kier molecular flexibility index (Phi) is 5.28. The van der Waals surface area contributed by atoms with E-state index in [1.165, 1.54) is 11.0 Å². The summed E-state index contributed by atoms with van der Waals surface area (Å²) >= 11 is 0. The largest absolute Gasteiger partial charge is 0.478 e. The average Bonchev–Trinajstić information content (AvgIpc) is 2.65. The van der Waals surface area contributed by atoms with Crippen LogP contribution in [-0.4, -0.2) is 42.7 Å². The Bertz CT molecular complexity index is 1040. The maximum atomic E-state index is 12.1. The Morgan fingerprint density at radius 3 is 2.56 bits per heavy atom. The molecule has 1 heterocycles. The third-order valence-electron chi connectivity index (χ3n) is 4.31. The lowest BCUT2D eigenvalue weighted by Crippen LogP contribution is -2.40. The van der Waals surface area contributed by atoms with E-state index < -0.39 is 18.3 Å². The van der Waals surface area contributed by atoms with Crippen molar-refractivity contribution in [2.75, 3.05) is 20.7 Å². The highest BCUT2D eigenvalue weighted by molar-refractivity contribution is 5.94. The quantitative estimate of drug-likeness (QED) is 0.701. The summed E-state index contributed by atoms with van der Waals surface area (Å²) in [5.41, 5.74) is 2.64. The zero-order valence-corrected chi connectivity index (χ0v) is 15.4. The van der Waals surface area contributed by atoms with Crippen molar-refractivity contribution in [3.05, 3.63) is 64.5 Å². The summed E-state index contributed by atoms with van der Waals surface area (Å²) in [4.78, 5) is 25.5. The third kappa shape index (κ3) is 3.85. The smallest absolute Gasteiger partial charge is 0.336 e. The molecular weight excluding hydrogens is 346 g/mol. The van der Waals surface area contributed by atoms with Gasteiger partial charge in [0.2, 0.25) is 0 Å². The molecule has 0 saturated heterocycles.